The SMILES string of the molecule is CCCCCCC(O)CN1CC[C@H](O)[C@H]1C(=O)O. The molecular weight excluding hydrogens is 234 g/mol. The van der Waals surface area contributed by atoms with Gasteiger partial charge in [-0.1, -0.05) is 32.6 Å². The van der Waals surface area contributed by atoms with E-state index < -0.39 is 24.2 Å². The molecule has 0 aliphatic carbocycles. The number of β-amino-alcohol motifs (C(OH)–C–C–N with tert-alkyl or cyclic N) is 1. The van der Waals surface area contributed by atoms with Crippen molar-refractivity contribution in [2.24, 2.45) is 0 Å². The van der Waals surface area contributed by atoms with Gasteiger partial charge in [-0.2, -0.15) is 0 Å². The number of carboxylic acid groups (broad SMARTS) is 1. The molecule has 1 heterocycles. The molecular formula is C13H25NO4. The van der Waals surface area contributed by atoms with Gasteiger partial charge in [0.25, 0.3) is 0 Å². The molecule has 106 valence electrons. The molecule has 0 spiro atoms. The van der Waals surface area contributed by atoms with E-state index in [1.807, 2.05) is 0 Å². The van der Waals surface area contributed by atoms with Crippen LogP contribution in [0.3, 0.4) is 0 Å². The van der Waals surface area contributed by atoms with Crippen LogP contribution >= 0.6 is 0 Å². The number of aliphatic hydroxyl groups is 2. The lowest BCUT2D eigenvalue weighted by Crippen LogP contribution is -2.44. The molecule has 0 amide bonds. The van der Waals surface area contributed by atoms with Crippen molar-refractivity contribution < 1.29 is 20.1 Å². The molecule has 1 saturated heterocycles. The van der Waals surface area contributed by atoms with Crippen LogP contribution in [0.25, 0.3) is 0 Å². The molecule has 1 rings (SSSR count). The third-order valence-electron chi connectivity index (χ3n) is 3.56. The van der Waals surface area contributed by atoms with Crippen molar-refractivity contribution in [1.29, 1.82) is 0 Å². The van der Waals surface area contributed by atoms with Gasteiger partial charge in [0.1, 0.15) is 6.04 Å². The second-order valence-electron chi connectivity index (χ2n) is 5.14. The van der Waals surface area contributed by atoms with Gasteiger partial charge in [0.2, 0.25) is 0 Å². The molecule has 0 aromatic carbocycles. The number of hydrogen-bond donors (Lipinski definition) is 3. The summed E-state index contributed by atoms with van der Waals surface area (Å²) in [4.78, 5) is 12.7. The first-order chi connectivity index (χ1) is 8.56. The van der Waals surface area contributed by atoms with E-state index >= 15 is 0 Å². The van der Waals surface area contributed by atoms with Gasteiger partial charge < -0.3 is 15.3 Å². The average molecular weight is 259 g/mol. The number of nitrogens with zero attached hydrogens (tertiary/aromatic N) is 1. The Hall–Kier alpha value is -0.650. The van der Waals surface area contributed by atoms with E-state index in [4.69, 9.17) is 5.11 Å². The molecule has 3 atom stereocenters. The molecule has 1 fully saturated rings. The Balaban J connectivity index is 2.30. The highest BCUT2D eigenvalue weighted by Crippen LogP contribution is 2.19. The molecule has 0 saturated carbocycles. The maximum Gasteiger partial charge on any atom is 0.323 e. The second-order valence-corrected chi connectivity index (χ2v) is 5.14. The van der Waals surface area contributed by atoms with Crippen LogP contribution in [0.5, 0.6) is 0 Å². The fourth-order valence-electron chi connectivity index (χ4n) is 2.53. The van der Waals surface area contributed by atoms with Crippen molar-refractivity contribution in [1.82, 2.24) is 4.90 Å². The fourth-order valence-corrected chi connectivity index (χ4v) is 2.53. The number of unbranched alkanes of at least 4 members (excludes halogenated alkanes) is 3. The lowest BCUT2D eigenvalue weighted by atomic mass is 10.1. The third-order valence-corrected chi connectivity index (χ3v) is 3.56. The van der Waals surface area contributed by atoms with Crippen LogP contribution in [0, 0.1) is 0 Å². The van der Waals surface area contributed by atoms with Crippen molar-refractivity contribution in [2.75, 3.05) is 13.1 Å². The third kappa shape index (κ3) is 4.55. The van der Waals surface area contributed by atoms with Gasteiger partial charge in [-0.25, -0.2) is 0 Å². The van der Waals surface area contributed by atoms with E-state index in [-0.39, 0.29) is 0 Å². The van der Waals surface area contributed by atoms with Gasteiger partial charge in [0.15, 0.2) is 0 Å². The summed E-state index contributed by atoms with van der Waals surface area (Å²) >= 11 is 0. The van der Waals surface area contributed by atoms with Gasteiger partial charge in [0.05, 0.1) is 12.2 Å². The van der Waals surface area contributed by atoms with Gasteiger partial charge in [-0.05, 0) is 12.8 Å². The first kappa shape index (κ1) is 15.4. The van der Waals surface area contributed by atoms with E-state index in [0.29, 0.717) is 25.9 Å². The molecule has 1 aliphatic rings. The minimum absolute atomic E-state index is 0.347. The van der Waals surface area contributed by atoms with Gasteiger partial charge in [0, 0.05) is 13.1 Å². The summed E-state index contributed by atoms with van der Waals surface area (Å²) < 4.78 is 0. The fraction of sp³-hybridized carbons (Fsp3) is 0.923. The highest BCUT2D eigenvalue weighted by Gasteiger charge is 2.38. The van der Waals surface area contributed by atoms with Crippen molar-refractivity contribution in [2.45, 2.75) is 63.7 Å². The Labute approximate surface area is 108 Å². The maximum absolute atomic E-state index is 11.0. The standard InChI is InChI=1S/C13H25NO4/c1-2-3-4-5-6-10(15)9-14-8-7-11(16)12(14)13(17)18/h10-12,15-16H,2-9H2,1H3,(H,17,18)/t10?,11-,12-/m0/s1. The van der Waals surface area contributed by atoms with Crippen molar-refractivity contribution in [3.8, 4) is 0 Å². The largest absolute Gasteiger partial charge is 0.480 e. The molecule has 1 aliphatic heterocycles. The monoisotopic (exact) mass is 259 g/mol. The Kier molecular flexibility index (Phi) is 6.60. The number of carboxylic acids is 1. The number of carbonyl (C=O) groups is 1. The summed E-state index contributed by atoms with van der Waals surface area (Å²) in [6.45, 7) is 3.03. The minimum atomic E-state index is -1.00. The first-order valence-corrected chi connectivity index (χ1v) is 6.89. The van der Waals surface area contributed by atoms with E-state index in [1.165, 1.54) is 6.42 Å². The zero-order valence-corrected chi connectivity index (χ0v) is 11.1. The Bertz CT molecular complexity index is 259. The van der Waals surface area contributed by atoms with Crippen LogP contribution in [0.1, 0.15) is 45.4 Å². The molecule has 1 unspecified atom stereocenters. The number of rotatable bonds is 8. The zero-order chi connectivity index (χ0) is 13.5. The van der Waals surface area contributed by atoms with Crippen molar-refractivity contribution >= 4 is 5.97 Å². The van der Waals surface area contributed by atoms with E-state index in [0.717, 1.165) is 19.3 Å². The van der Waals surface area contributed by atoms with Gasteiger partial charge >= 0.3 is 5.97 Å². The molecule has 0 bridgehead atoms. The van der Waals surface area contributed by atoms with E-state index in [2.05, 4.69) is 6.92 Å². The van der Waals surface area contributed by atoms with Crippen LogP contribution in [0.15, 0.2) is 0 Å². The summed E-state index contributed by atoms with van der Waals surface area (Å²) in [6, 6.07) is -0.852. The Morgan fingerprint density at radius 2 is 2.11 bits per heavy atom. The van der Waals surface area contributed by atoms with Crippen LogP contribution in [0.4, 0.5) is 0 Å². The summed E-state index contributed by atoms with van der Waals surface area (Å²) in [6.07, 6.45) is 4.30. The predicted molar refractivity (Wildman–Crippen MR) is 68.4 cm³/mol. The molecule has 0 aromatic heterocycles. The normalized spacial score (nSPS) is 26.4. The van der Waals surface area contributed by atoms with Crippen LogP contribution < -0.4 is 0 Å². The van der Waals surface area contributed by atoms with Crippen molar-refractivity contribution in [3.05, 3.63) is 0 Å². The minimum Gasteiger partial charge on any atom is -0.480 e. The summed E-state index contributed by atoms with van der Waals surface area (Å²) in [5.41, 5.74) is 0. The maximum atomic E-state index is 11.0. The lowest BCUT2D eigenvalue weighted by Gasteiger charge is -2.25. The van der Waals surface area contributed by atoms with Crippen LogP contribution in [-0.2, 0) is 4.79 Å². The van der Waals surface area contributed by atoms with Crippen LogP contribution in [-0.4, -0.2) is 57.5 Å². The smallest absolute Gasteiger partial charge is 0.323 e. The molecule has 0 aromatic rings. The Morgan fingerprint density at radius 3 is 2.72 bits per heavy atom. The lowest BCUT2D eigenvalue weighted by molar-refractivity contribution is -0.145. The highest BCUT2D eigenvalue weighted by atomic mass is 16.4. The van der Waals surface area contributed by atoms with Crippen molar-refractivity contribution in [3.63, 3.8) is 0 Å². The molecule has 5 heteroatoms. The number of hydrogen-bond acceptors (Lipinski definition) is 4. The Morgan fingerprint density at radius 1 is 1.39 bits per heavy atom. The first-order valence-electron chi connectivity index (χ1n) is 6.89. The van der Waals surface area contributed by atoms with Gasteiger partial charge in [-0.3, -0.25) is 9.69 Å². The molecule has 3 N–H and O–H groups in total. The topological polar surface area (TPSA) is 81.0 Å². The quantitative estimate of drug-likeness (QED) is 0.563. The summed E-state index contributed by atoms with van der Waals surface area (Å²) in [5, 5.41) is 28.5. The molecule has 0 radical (unpaired) electrons. The number of aliphatic carboxylic acids is 1. The second kappa shape index (κ2) is 7.71. The van der Waals surface area contributed by atoms with E-state index in [1.54, 1.807) is 4.90 Å². The number of aliphatic hydroxyl groups excluding tert-OH is 2. The zero-order valence-electron chi connectivity index (χ0n) is 11.1. The number of likely N-dealkylation sites (tertiary alicyclic amines) is 1. The van der Waals surface area contributed by atoms with Crippen LogP contribution in [0.2, 0.25) is 0 Å². The molecule has 18 heavy (non-hydrogen) atoms. The summed E-state index contributed by atoms with van der Waals surface area (Å²) in [7, 11) is 0. The van der Waals surface area contributed by atoms with E-state index in [9.17, 15) is 15.0 Å². The van der Waals surface area contributed by atoms with Gasteiger partial charge in [-0.15, -0.1) is 0 Å². The highest BCUT2D eigenvalue weighted by molar-refractivity contribution is 5.74. The summed E-state index contributed by atoms with van der Waals surface area (Å²) in [5.74, 6) is -1.00. The molecule has 5 nitrogen and oxygen atoms in total. The predicted octanol–water partition coefficient (Wildman–Crippen LogP) is 0.837. The average Bonchev–Trinajstić information content (AvgIpc) is 2.66.